The molecule has 1 aromatic carbocycles. The molecule has 3 rings (SSSR count). The third kappa shape index (κ3) is 15.4. The minimum atomic E-state index is -2.16. The summed E-state index contributed by atoms with van der Waals surface area (Å²) in [6, 6.07) is 9.25. The van der Waals surface area contributed by atoms with Gasteiger partial charge in [0.2, 0.25) is 11.8 Å². The van der Waals surface area contributed by atoms with Crippen LogP contribution >= 0.6 is 0 Å². The molecule has 16 heteroatoms. The molecule has 0 radical (unpaired) electrons. The highest BCUT2D eigenvalue weighted by Crippen LogP contribution is 2.44. The first-order valence-electron chi connectivity index (χ1n) is 22.2. The zero-order valence-corrected chi connectivity index (χ0v) is 46.2. The van der Waals surface area contributed by atoms with E-state index in [1.54, 1.807) is 0 Å². The van der Waals surface area contributed by atoms with Gasteiger partial charge in [-0.3, -0.25) is 9.59 Å². The summed E-state index contributed by atoms with van der Waals surface area (Å²) in [6.07, 6.45) is -2.85. The predicted octanol–water partition coefficient (Wildman–Crippen LogP) is 9.47. The third-order valence-electron chi connectivity index (χ3n) is 13.9. The summed E-state index contributed by atoms with van der Waals surface area (Å²) in [6.45, 7) is 47.4. The first-order valence-corrected chi connectivity index (χ1v) is 33.8. The largest absolute Gasteiger partial charge is 0.409 e. The van der Waals surface area contributed by atoms with Crippen molar-refractivity contribution in [2.24, 2.45) is 0 Å². The Morgan fingerprint density at radius 2 is 0.902 bits per heavy atom. The molecule has 2 fully saturated rings. The second-order valence-electron chi connectivity index (χ2n) is 23.2. The number of amides is 2. The third-order valence-corrected chi connectivity index (χ3v) is 31.7. The van der Waals surface area contributed by atoms with E-state index >= 15 is 0 Å². The molecule has 0 saturated carbocycles. The molecule has 354 valence electrons. The Balaban J connectivity index is 0.000000432. The van der Waals surface area contributed by atoms with E-state index in [1.165, 1.54) is 13.8 Å². The highest BCUT2D eigenvalue weighted by Gasteiger charge is 2.55. The predicted molar refractivity (Wildman–Crippen MR) is 256 cm³/mol. The Bertz CT molecular complexity index is 1550. The fourth-order valence-corrected chi connectivity index (χ4v) is 10.8. The van der Waals surface area contributed by atoms with Crippen molar-refractivity contribution in [3.8, 4) is 0 Å². The number of hydrogen-bond donors (Lipinski definition) is 3. The van der Waals surface area contributed by atoms with Crippen LogP contribution in [0.1, 0.15) is 102 Å². The number of hydrogen-bond acceptors (Lipinski definition) is 10. The molecule has 2 aliphatic rings. The maximum atomic E-state index is 12.2. The van der Waals surface area contributed by atoms with Crippen molar-refractivity contribution in [3.05, 3.63) is 35.9 Å². The van der Waals surface area contributed by atoms with E-state index in [1.807, 2.05) is 30.3 Å². The van der Waals surface area contributed by atoms with E-state index in [9.17, 15) is 14.7 Å². The summed E-state index contributed by atoms with van der Waals surface area (Å²) in [5.41, 5.74) is 1.11. The van der Waals surface area contributed by atoms with Crippen LogP contribution in [-0.4, -0.2) is 112 Å². The van der Waals surface area contributed by atoms with Crippen LogP contribution in [0.25, 0.3) is 0 Å². The fraction of sp³-hybridized carbons (Fsp3) is 0.822. The van der Waals surface area contributed by atoms with Crippen molar-refractivity contribution in [3.63, 3.8) is 0 Å². The van der Waals surface area contributed by atoms with Gasteiger partial charge < -0.3 is 47.7 Å². The zero-order valence-electron chi connectivity index (χ0n) is 42.2. The van der Waals surface area contributed by atoms with Crippen molar-refractivity contribution < 1.29 is 46.6 Å². The molecule has 0 aliphatic carbocycles. The van der Waals surface area contributed by atoms with Crippen molar-refractivity contribution in [1.29, 1.82) is 0 Å². The average molecular weight is 930 g/mol. The SMILES string of the molecule is CC(=O)N[C@H]1C(O[Si](C)(C)C(C)(C)C)[C@@H](CO)O[C@H]1O[Si](C)(C)C(C)(C)C.CC(=O)N[C@H]1C(O[Si](C)(C)C(C)(C)C)[C@@H](COCc2ccccc2)O[C@H]1O[Si](C)(C)C(C)(C)C. The highest BCUT2D eigenvalue weighted by molar-refractivity contribution is 6.75. The van der Waals surface area contributed by atoms with E-state index in [0.717, 1.165) is 5.56 Å². The van der Waals surface area contributed by atoms with Gasteiger partial charge in [0.05, 0.1) is 32.0 Å². The fourth-order valence-electron chi connectivity index (χ4n) is 5.83. The van der Waals surface area contributed by atoms with E-state index < -0.39 is 70.1 Å². The lowest BCUT2D eigenvalue weighted by Crippen LogP contribution is -2.56. The lowest BCUT2D eigenvalue weighted by atomic mass is 10.1. The van der Waals surface area contributed by atoms with E-state index in [-0.39, 0.29) is 50.8 Å². The summed E-state index contributed by atoms with van der Waals surface area (Å²) in [4.78, 5) is 24.1. The van der Waals surface area contributed by atoms with Gasteiger partial charge in [0.1, 0.15) is 24.3 Å². The van der Waals surface area contributed by atoms with Crippen LogP contribution in [0.5, 0.6) is 0 Å². The molecule has 2 saturated heterocycles. The average Bonchev–Trinajstić information content (AvgIpc) is 3.53. The lowest BCUT2D eigenvalue weighted by Gasteiger charge is -2.41. The summed E-state index contributed by atoms with van der Waals surface area (Å²) in [5.74, 6) is -0.276. The normalized spacial score (nSPS) is 25.8. The van der Waals surface area contributed by atoms with Crippen LogP contribution in [0.3, 0.4) is 0 Å². The first-order chi connectivity index (χ1) is 27.4. The molecule has 0 aromatic heterocycles. The van der Waals surface area contributed by atoms with Crippen molar-refractivity contribution in [1.82, 2.24) is 10.6 Å². The number of nitrogens with one attached hydrogen (secondary N) is 2. The van der Waals surface area contributed by atoms with Crippen molar-refractivity contribution in [2.75, 3.05) is 13.2 Å². The minimum absolute atomic E-state index is 0.00419. The summed E-state index contributed by atoms with van der Waals surface area (Å²) in [5, 5.41) is 16.0. The van der Waals surface area contributed by atoms with Gasteiger partial charge in [-0.15, -0.1) is 0 Å². The zero-order chi connectivity index (χ0) is 47.4. The summed E-state index contributed by atoms with van der Waals surface area (Å²) >= 11 is 0. The molecule has 61 heavy (non-hydrogen) atoms. The number of carbonyl (C=O) groups is 2. The topological polar surface area (TPSA) is 143 Å². The van der Waals surface area contributed by atoms with Crippen LogP contribution in [0.2, 0.25) is 72.5 Å². The van der Waals surface area contributed by atoms with E-state index in [2.05, 4.69) is 146 Å². The molecule has 2 amide bonds. The van der Waals surface area contributed by atoms with Crippen LogP contribution < -0.4 is 10.6 Å². The van der Waals surface area contributed by atoms with Gasteiger partial charge in [0, 0.05) is 13.8 Å². The van der Waals surface area contributed by atoms with Crippen LogP contribution in [-0.2, 0) is 48.1 Å². The quantitative estimate of drug-likeness (QED) is 0.146. The molecule has 0 bridgehead atoms. The lowest BCUT2D eigenvalue weighted by molar-refractivity contribution is -0.126. The van der Waals surface area contributed by atoms with E-state index in [0.29, 0.717) is 13.2 Å². The number of aliphatic hydroxyl groups is 1. The molecule has 0 spiro atoms. The van der Waals surface area contributed by atoms with Gasteiger partial charge >= 0.3 is 0 Å². The Kier molecular flexibility index (Phi) is 19.1. The van der Waals surface area contributed by atoms with Crippen LogP contribution in [0, 0.1) is 0 Å². The van der Waals surface area contributed by atoms with Gasteiger partial charge in [-0.25, -0.2) is 0 Å². The minimum Gasteiger partial charge on any atom is -0.409 e. The Hall–Kier alpha value is -1.29. The van der Waals surface area contributed by atoms with Crippen LogP contribution in [0.4, 0.5) is 0 Å². The molecule has 3 N–H and O–H groups in total. The number of ether oxygens (including phenoxy) is 3. The van der Waals surface area contributed by atoms with Gasteiger partial charge in [-0.05, 0) is 78.1 Å². The second-order valence-corrected chi connectivity index (χ2v) is 42.2. The van der Waals surface area contributed by atoms with Crippen molar-refractivity contribution in [2.45, 2.75) is 225 Å². The molecular weight excluding hydrogens is 841 g/mol. The maximum absolute atomic E-state index is 12.2. The molecule has 1 aromatic rings. The molecule has 2 unspecified atom stereocenters. The first kappa shape index (κ1) is 55.8. The Morgan fingerprint density at radius 3 is 1.23 bits per heavy atom. The van der Waals surface area contributed by atoms with Gasteiger partial charge in [0.15, 0.2) is 45.8 Å². The Morgan fingerprint density at radius 1 is 0.574 bits per heavy atom. The molecule has 8 atom stereocenters. The number of carbonyl (C=O) groups excluding carboxylic acids is 2. The molecular formula is C45H88N2O10Si4. The van der Waals surface area contributed by atoms with Gasteiger partial charge in [0.25, 0.3) is 0 Å². The molecule has 2 aliphatic heterocycles. The Labute approximate surface area is 375 Å². The van der Waals surface area contributed by atoms with Crippen LogP contribution in [0.15, 0.2) is 30.3 Å². The van der Waals surface area contributed by atoms with Crippen molar-refractivity contribution >= 4 is 45.1 Å². The highest BCUT2D eigenvalue weighted by atomic mass is 28.4. The smallest absolute Gasteiger partial charge is 0.217 e. The summed E-state index contributed by atoms with van der Waals surface area (Å²) < 4.78 is 45.3. The molecule has 2 heterocycles. The summed E-state index contributed by atoms with van der Waals surface area (Å²) in [7, 11) is -8.59. The maximum Gasteiger partial charge on any atom is 0.217 e. The van der Waals surface area contributed by atoms with Gasteiger partial charge in [-0.2, -0.15) is 0 Å². The number of benzene rings is 1. The van der Waals surface area contributed by atoms with E-state index in [4.69, 9.17) is 31.9 Å². The van der Waals surface area contributed by atoms with Gasteiger partial charge in [-0.1, -0.05) is 113 Å². The standard InChI is InChI=1S/C26H47NO5Si2.C19H41NO5Si2/c1-19(28)27-22-23(31-33(8,9)25(2,3)4)21(18-29-17-20-15-13-12-14-16-20)30-24(22)32-34(10,11)26(5,6)7;1-13(22)20-15-16(24-26(8,9)18(2,3)4)14(12-21)23-17(15)25-27(10,11)19(5,6)7/h12-16,21-24H,17-18H2,1-11H3,(H,27,28);14-17,21H,12H2,1-11H3,(H,20,22)/t21-,22+,23?,24+;14-,15+,16?,17+/m11/s1. The number of rotatable bonds is 15. The molecule has 12 nitrogen and oxygen atoms in total. The monoisotopic (exact) mass is 929 g/mol. The second kappa shape index (κ2) is 20.9. The number of aliphatic hydroxyl groups excluding tert-OH is 1.